The van der Waals surface area contributed by atoms with Crippen LogP contribution in [-0.4, -0.2) is 24.7 Å². The van der Waals surface area contributed by atoms with Crippen LogP contribution < -0.4 is 15.4 Å². The fourth-order valence-corrected chi connectivity index (χ4v) is 2.60. The first-order valence-corrected chi connectivity index (χ1v) is 8.86. The summed E-state index contributed by atoms with van der Waals surface area (Å²) in [5.74, 6) is 0.179. The number of benzene rings is 1. The van der Waals surface area contributed by atoms with E-state index in [1.807, 2.05) is 58.9 Å². The van der Waals surface area contributed by atoms with Crippen LogP contribution in [0.1, 0.15) is 53.1 Å². The molecule has 1 aliphatic heterocycles. The molecule has 1 aromatic carbocycles. The molecule has 6 heteroatoms. The zero-order valence-electron chi connectivity index (χ0n) is 16.3. The van der Waals surface area contributed by atoms with Crippen LogP contribution in [0.25, 0.3) is 0 Å². The number of esters is 1. The van der Waals surface area contributed by atoms with Gasteiger partial charge in [0.15, 0.2) is 0 Å². The second-order valence-corrected chi connectivity index (χ2v) is 7.45. The van der Waals surface area contributed by atoms with Crippen LogP contribution in [0.5, 0.6) is 5.75 Å². The second-order valence-electron chi connectivity index (χ2n) is 7.45. The monoisotopic (exact) mass is 360 g/mol. The Morgan fingerprint density at radius 2 is 1.92 bits per heavy atom. The molecule has 0 spiro atoms. The van der Waals surface area contributed by atoms with E-state index in [9.17, 15) is 9.59 Å². The number of rotatable bonds is 5. The SMILES string of the molecule is CCOc1ccccc1[C@@H]1NC(=O)NC(C)=C1C(=O)O[C@@H](C)C(C)(C)C. The molecule has 2 atom stereocenters. The number of allylic oxidation sites excluding steroid dienone is 1. The van der Waals surface area contributed by atoms with E-state index < -0.39 is 12.0 Å². The molecule has 0 radical (unpaired) electrons. The normalized spacial score (nSPS) is 18.7. The third-order valence-corrected chi connectivity index (χ3v) is 4.52. The van der Waals surface area contributed by atoms with Crippen molar-refractivity contribution in [3.05, 3.63) is 41.1 Å². The zero-order chi connectivity index (χ0) is 19.5. The minimum absolute atomic E-state index is 0.186. The van der Waals surface area contributed by atoms with Crippen LogP contribution in [0.15, 0.2) is 35.5 Å². The van der Waals surface area contributed by atoms with Gasteiger partial charge in [-0.05, 0) is 32.3 Å². The quantitative estimate of drug-likeness (QED) is 0.785. The molecule has 1 aliphatic rings. The lowest BCUT2D eigenvalue weighted by molar-refractivity contribution is -0.149. The van der Waals surface area contributed by atoms with E-state index in [1.165, 1.54) is 0 Å². The molecule has 0 unspecified atom stereocenters. The highest BCUT2D eigenvalue weighted by atomic mass is 16.5. The average molecular weight is 360 g/mol. The highest BCUT2D eigenvalue weighted by Gasteiger charge is 2.35. The number of carbonyl (C=O) groups is 2. The smallest absolute Gasteiger partial charge is 0.338 e. The van der Waals surface area contributed by atoms with Crippen molar-refractivity contribution in [3.8, 4) is 5.75 Å². The summed E-state index contributed by atoms with van der Waals surface area (Å²) in [6.07, 6.45) is -0.282. The van der Waals surface area contributed by atoms with Gasteiger partial charge < -0.3 is 20.1 Å². The summed E-state index contributed by atoms with van der Waals surface area (Å²) in [6.45, 7) is 12.0. The predicted molar refractivity (Wildman–Crippen MR) is 99.7 cm³/mol. The van der Waals surface area contributed by atoms with Gasteiger partial charge in [0.1, 0.15) is 11.9 Å². The Bertz CT molecular complexity index is 719. The summed E-state index contributed by atoms with van der Waals surface area (Å²) in [6, 6.07) is 6.37. The summed E-state index contributed by atoms with van der Waals surface area (Å²) in [4.78, 5) is 24.9. The topological polar surface area (TPSA) is 76.7 Å². The third kappa shape index (κ3) is 4.36. The molecule has 0 fully saturated rings. The minimum atomic E-state index is -0.633. The number of urea groups is 1. The molecule has 2 N–H and O–H groups in total. The lowest BCUT2D eigenvalue weighted by Gasteiger charge is -2.32. The first kappa shape index (κ1) is 19.8. The van der Waals surface area contributed by atoms with Gasteiger partial charge in [-0.3, -0.25) is 0 Å². The van der Waals surface area contributed by atoms with Crippen LogP contribution in [0.4, 0.5) is 4.79 Å². The van der Waals surface area contributed by atoms with E-state index in [0.717, 1.165) is 5.56 Å². The van der Waals surface area contributed by atoms with Crippen LogP contribution in [0.3, 0.4) is 0 Å². The van der Waals surface area contributed by atoms with Gasteiger partial charge in [0.05, 0.1) is 18.2 Å². The largest absolute Gasteiger partial charge is 0.494 e. The van der Waals surface area contributed by atoms with Gasteiger partial charge >= 0.3 is 12.0 Å². The van der Waals surface area contributed by atoms with Gasteiger partial charge in [-0.2, -0.15) is 0 Å². The van der Waals surface area contributed by atoms with E-state index in [4.69, 9.17) is 9.47 Å². The Labute approximate surface area is 154 Å². The molecular formula is C20H28N2O4. The van der Waals surface area contributed by atoms with Gasteiger partial charge in [-0.15, -0.1) is 0 Å². The minimum Gasteiger partial charge on any atom is -0.494 e. The van der Waals surface area contributed by atoms with E-state index in [-0.39, 0.29) is 17.6 Å². The van der Waals surface area contributed by atoms with Gasteiger partial charge in [-0.25, -0.2) is 9.59 Å². The van der Waals surface area contributed by atoms with Gasteiger partial charge in [0.25, 0.3) is 0 Å². The maximum Gasteiger partial charge on any atom is 0.338 e. The molecule has 0 aromatic heterocycles. The number of hydrogen-bond acceptors (Lipinski definition) is 4. The second kappa shape index (κ2) is 7.81. The van der Waals surface area contributed by atoms with Crippen molar-refractivity contribution < 1.29 is 19.1 Å². The van der Waals surface area contributed by atoms with Crippen LogP contribution >= 0.6 is 0 Å². The first-order chi connectivity index (χ1) is 12.1. The molecule has 2 amide bonds. The molecule has 142 valence electrons. The molecular weight excluding hydrogens is 332 g/mol. The first-order valence-electron chi connectivity index (χ1n) is 8.86. The number of carbonyl (C=O) groups excluding carboxylic acids is 2. The van der Waals surface area contributed by atoms with Crippen molar-refractivity contribution in [3.63, 3.8) is 0 Å². The Hall–Kier alpha value is -2.50. The molecule has 0 saturated carbocycles. The summed E-state index contributed by atoms with van der Waals surface area (Å²) >= 11 is 0. The maximum absolute atomic E-state index is 12.9. The lowest BCUT2D eigenvalue weighted by atomic mass is 9.90. The van der Waals surface area contributed by atoms with Gasteiger partial charge in [0, 0.05) is 11.3 Å². The third-order valence-electron chi connectivity index (χ3n) is 4.52. The van der Waals surface area contributed by atoms with Crippen LogP contribution in [-0.2, 0) is 9.53 Å². The highest BCUT2D eigenvalue weighted by molar-refractivity contribution is 5.95. The van der Waals surface area contributed by atoms with E-state index in [1.54, 1.807) is 6.92 Å². The number of hydrogen-bond donors (Lipinski definition) is 2. The highest BCUT2D eigenvalue weighted by Crippen LogP contribution is 2.34. The van der Waals surface area contributed by atoms with Crippen molar-refractivity contribution in [2.24, 2.45) is 5.41 Å². The molecule has 2 rings (SSSR count). The number of nitrogens with one attached hydrogen (secondary N) is 2. The molecule has 1 heterocycles. The molecule has 0 bridgehead atoms. The van der Waals surface area contributed by atoms with Gasteiger partial charge in [-0.1, -0.05) is 39.0 Å². The summed E-state index contributed by atoms with van der Waals surface area (Å²) < 4.78 is 11.4. The zero-order valence-corrected chi connectivity index (χ0v) is 16.3. The number of amides is 2. The predicted octanol–water partition coefficient (Wildman–Crippen LogP) is 3.69. The van der Waals surface area contributed by atoms with Crippen molar-refractivity contribution in [1.82, 2.24) is 10.6 Å². The van der Waals surface area contributed by atoms with Crippen molar-refractivity contribution in [1.29, 1.82) is 0 Å². The lowest BCUT2D eigenvalue weighted by Crippen LogP contribution is -2.46. The Morgan fingerprint density at radius 1 is 1.27 bits per heavy atom. The van der Waals surface area contributed by atoms with E-state index in [0.29, 0.717) is 23.6 Å². The van der Waals surface area contributed by atoms with Crippen molar-refractivity contribution in [2.75, 3.05) is 6.61 Å². The molecule has 0 aliphatic carbocycles. The molecule has 1 aromatic rings. The Morgan fingerprint density at radius 3 is 2.54 bits per heavy atom. The van der Waals surface area contributed by atoms with Crippen LogP contribution in [0.2, 0.25) is 0 Å². The Kier molecular flexibility index (Phi) is 5.95. The molecule has 6 nitrogen and oxygen atoms in total. The standard InChI is InChI=1S/C20H28N2O4/c1-7-25-15-11-9-8-10-14(15)17-16(12(2)21-19(24)22-17)18(23)26-13(3)20(4,5)6/h8-11,13,17H,7H2,1-6H3,(H2,21,22,24)/t13-,17-/m0/s1. The fourth-order valence-electron chi connectivity index (χ4n) is 2.60. The number of para-hydroxylation sites is 1. The Balaban J connectivity index is 2.42. The molecule has 0 saturated heterocycles. The maximum atomic E-state index is 12.9. The number of ether oxygens (including phenoxy) is 2. The summed E-state index contributed by atoms with van der Waals surface area (Å²) in [5.41, 5.74) is 1.40. The van der Waals surface area contributed by atoms with E-state index >= 15 is 0 Å². The average Bonchev–Trinajstić information content (AvgIpc) is 2.53. The van der Waals surface area contributed by atoms with Gasteiger partial charge in [0.2, 0.25) is 0 Å². The van der Waals surface area contributed by atoms with Crippen LogP contribution in [0, 0.1) is 5.41 Å². The van der Waals surface area contributed by atoms with Crippen molar-refractivity contribution >= 4 is 12.0 Å². The summed E-state index contributed by atoms with van der Waals surface area (Å²) in [7, 11) is 0. The van der Waals surface area contributed by atoms with E-state index in [2.05, 4.69) is 10.6 Å². The summed E-state index contributed by atoms with van der Waals surface area (Å²) in [5, 5.41) is 5.48. The van der Waals surface area contributed by atoms with Crippen molar-refractivity contribution in [2.45, 2.75) is 53.7 Å². The fraction of sp³-hybridized carbons (Fsp3) is 0.500. The molecule has 26 heavy (non-hydrogen) atoms.